The van der Waals surface area contributed by atoms with E-state index in [9.17, 15) is 0 Å². The van der Waals surface area contributed by atoms with Crippen molar-refractivity contribution in [3.63, 3.8) is 0 Å². The largest absolute Gasteiger partial charge is 0.311 e. The summed E-state index contributed by atoms with van der Waals surface area (Å²) in [6.07, 6.45) is 4.80. The Morgan fingerprint density at radius 2 is 1.27 bits per heavy atom. The minimum absolute atomic E-state index is 0.0925. The van der Waals surface area contributed by atoms with Crippen molar-refractivity contribution in [3.8, 4) is 0 Å². The smallest absolute Gasteiger partial charge is 0.264 e. The zero-order chi connectivity index (χ0) is 26.7. The first kappa shape index (κ1) is 23.0. The lowest BCUT2D eigenvalue weighted by atomic mass is 9.36. The lowest BCUT2D eigenvalue weighted by Gasteiger charge is -2.44. The second-order valence-electron chi connectivity index (χ2n) is 12.9. The molecule has 4 heteroatoms. The minimum Gasteiger partial charge on any atom is -0.311 e. The van der Waals surface area contributed by atoms with Gasteiger partial charge in [-0.15, -0.1) is 0 Å². The van der Waals surface area contributed by atoms with Gasteiger partial charge < -0.3 is 9.80 Å². The van der Waals surface area contributed by atoms with Crippen LogP contribution in [0.3, 0.4) is 0 Å². The fourth-order valence-electron chi connectivity index (χ4n) is 7.19. The Labute approximate surface area is 241 Å². The third-order valence-corrected chi connectivity index (χ3v) is 11.1. The van der Waals surface area contributed by atoms with Crippen molar-refractivity contribution in [2.24, 2.45) is 0 Å². The van der Waals surface area contributed by atoms with Crippen LogP contribution in [0.5, 0.6) is 0 Å². The quantitative estimate of drug-likeness (QED) is 0.215. The van der Waals surface area contributed by atoms with Crippen LogP contribution in [0.2, 0.25) is 0 Å². The second-order valence-corrected chi connectivity index (χ2v) is 14.0. The van der Waals surface area contributed by atoms with Crippen molar-refractivity contribution < 1.29 is 0 Å². The predicted molar refractivity (Wildman–Crippen MR) is 172 cm³/mol. The van der Waals surface area contributed by atoms with Gasteiger partial charge in [-0.25, -0.2) is 0 Å². The van der Waals surface area contributed by atoms with Crippen LogP contribution >= 0.6 is 11.3 Å². The molecule has 0 atom stereocenters. The Kier molecular flexibility index (Phi) is 4.55. The van der Waals surface area contributed by atoms with Gasteiger partial charge in [0.1, 0.15) is 0 Å². The van der Waals surface area contributed by atoms with E-state index in [0.29, 0.717) is 0 Å². The number of anilines is 6. The van der Waals surface area contributed by atoms with E-state index < -0.39 is 0 Å². The van der Waals surface area contributed by atoms with Crippen LogP contribution in [-0.2, 0) is 31.1 Å². The lowest BCUT2D eigenvalue weighted by molar-refractivity contribution is 0.604. The van der Waals surface area contributed by atoms with Crippen LogP contribution in [0.1, 0.15) is 47.9 Å². The summed E-state index contributed by atoms with van der Waals surface area (Å²) in [5.41, 5.74) is 17.0. The first-order chi connectivity index (χ1) is 19.5. The van der Waals surface area contributed by atoms with Gasteiger partial charge in [0.15, 0.2) is 0 Å². The second kappa shape index (κ2) is 7.92. The number of benzene rings is 4. The molecule has 3 heterocycles. The summed E-state index contributed by atoms with van der Waals surface area (Å²) in [5.74, 6) is 0. The van der Waals surface area contributed by atoms with Gasteiger partial charge in [-0.2, -0.15) is 11.3 Å². The molecule has 4 aromatic carbocycles. The van der Waals surface area contributed by atoms with Gasteiger partial charge in [0.25, 0.3) is 6.71 Å². The van der Waals surface area contributed by atoms with E-state index in [0.717, 1.165) is 0 Å². The monoisotopic (exact) mass is 534 g/mol. The van der Waals surface area contributed by atoms with Crippen LogP contribution in [0.15, 0.2) is 84.9 Å². The number of hydrogen-bond acceptors (Lipinski definition) is 3. The van der Waals surface area contributed by atoms with Crippen molar-refractivity contribution in [2.75, 3.05) is 9.80 Å². The summed E-state index contributed by atoms with van der Waals surface area (Å²) in [6.45, 7) is 7.28. The maximum absolute atomic E-state index is 2.58. The average molecular weight is 535 g/mol. The standard InChI is InChI=1S/C36H31BN2S/c1-36(2,3)33-21-32-35(40-33)37-28-19-24-14-15-25(24)20-31(28)39(27-17-16-22-12-13-23(22)18-27)30-11-7-10-29(34(30)37)38(32)26-8-5-4-6-9-26/h4-11,16-21H,12-15H2,1-3H3. The number of para-hydroxylation sites is 1. The first-order valence-corrected chi connectivity index (χ1v) is 15.5. The molecular weight excluding hydrogens is 503 g/mol. The molecule has 0 saturated heterocycles. The fourth-order valence-corrected chi connectivity index (χ4v) is 8.52. The highest BCUT2D eigenvalue weighted by Gasteiger charge is 2.45. The summed E-state index contributed by atoms with van der Waals surface area (Å²) in [6, 6.07) is 32.7. The zero-order valence-electron chi connectivity index (χ0n) is 23.3. The van der Waals surface area contributed by atoms with Gasteiger partial charge in [0.2, 0.25) is 0 Å². The van der Waals surface area contributed by atoms with Crippen molar-refractivity contribution in [2.45, 2.75) is 51.9 Å². The van der Waals surface area contributed by atoms with E-state index in [4.69, 9.17) is 0 Å². The summed E-state index contributed by atoms with van der Waals surface area (Å²) in [7, 11) is 0. The molecule has 40 heavy (non-hydrogen) atoms. The summed E-state index contributed by atoms with van der Waals surface area (Å²) in [4.78, 5) is 6.55. The van der Waals surface area contributed by atoms with Crippen LogP contribution in [0.25, 0.3) is 0 Å². The van der Waals surface area contributed by atoms with E-state index >= 15 is 0 Å². The molecule has 194 valence electrons. The van der Waals surface area contributed by atoms with Crippen LogP contribution in [0.4, 0.5) is 34.1 Å². The van der Waals surface area contributed by atoms with Gasteiger partial charge in [0.05, 0.1) is 5.69 Å². The van der Waals surface area contributed by atoms with Crippen LogP contribution < -0.4 is 25.5 Å². The first-order valence-electron chi connectivity index (χ1n) is 14.7. The third kappa shape index (κ3) is 3.06. The normalized spacial score (nSPS) is 15.8. The number of rotatable bonds is 2. The van der Waals surface area contributed by atoms with Gasteiger partial charge in [-0.1, -0.05) is 57.2 Å². The number of aryl methyl sites for hydroxylation is 4. The number of fused-ring (bicyclic) bond motifs is 6. The zero-order valence-corrected chi connectivity index (χ0v) is 24.1. The molecule has 9 rings (SSSR count). The Morgan fingerprint density at radius 1 is 0.600 bits per heavy atom. The van der Waals surface area contributed by atoms with Crippen molar-refractivity contribution in [3.05, 3.63) is 112 Å². The SMILES string of the molecule is CC(C)(C)c1cc2c(s1)B1c3cc4c(cc3N(c3ccc5c(c3)CC5)c3cccc(c31)N2c1ccccc1)CC4. The summed E-state index contributed by atoms with van der Waals surface area (Å²) < 4.78 is 1.48. The van der Waals surface area contributed by atoms with E-state index in [1.165, 1.54) is 103 Å². The molecule has 0 amide bonds. The molecule has 0 radical (unpaired) electrons. The van der Waals surface area contributed by atoms with Gasteiger partial charge >= 0.3 is 0 Å². The maximum atomic E-state index is 2.58. The third-order valence-electron chi connectivity index (χ3n) is 9.50. The Hall–Kier alpha value is -3.76. The molecule has 0 saturated carbocycles. The van der Waals surface area contributed by atoms with Gasteiger partial charge in [-0.05, 0) is 113 Å². The summed E-state index contributed by atoms with van der Waals surface area (Å²) in [5, 5.41) is 0. The topological polar surface area (TPSA) is 6.48 Å². The van der Waals surface area contributed by atoms with Gasteiger partial charge in [0, 0.05) is 38.1 Å². The molecule has 0 fully saturated rings. The maximum Gasteiger partial charge on any atom is 0.264 e. The van der Waals surface area contributed by atoms with E-state index in [2.05, 4.69) is 116 Å². The van der Waals surface area contributed by atoms with Crippen molar-refractivity contribution in [1.29, 1.82) is 0 Å². The van der Waals surface area contributed by atoms with E-state index in [1.807, 2.05) is 11.3 Å². The molecule has 0 unspecified atom stereocenters. The number of nitrogens with zero attached hydrogens (tertiary/aromatic N) is 2. The molecule has 5 aromatic rings. The van der Waals surface area contributed by atoms with Crippen molar-refractivity contribution >= 4 is 67.9 Å². The number of hydrogen-bond donors (Lipinski definition) is 0. The Balaban J connectivity index is 1.37. The molecule has 2 aliphatic carbocycles. The van der Waals surface area contributed by atoms with Crippen LogP contribution in [-0.4, -0.2) is 6.71 Å². The summed E-state index contributed by atoms with van der Waals surface area (Å²) >= 11 is 2.02. The lowest BCUT2D eigenvalue weighted by Crippen LogP contribution is -2.60. The number of thiophene rings is 1. The molecule has 2 aliphatic heterocycles. The van der Waals surface area contributed by atoms with E-state index in [1.54, 1.807) is 0 Å². The Morgan fingerprint density at radius 3 is 1.95 bits per heavy atom. The molecule has 0 spiro atoms. The molecule has 2 nitrogen and oxygen atoms in total. The highest BCUT2D eigenvalue weighted by molar-refractivity contribution is 7.29. The van der Waals surface area contributed by atoms with E-state index in [-0.39, 0.29) is 12.1 Å². The minimum atomic E-state index is 0.0925. The highest BCUT2D eigenvalue weighted by atomic mass is 32.1. The van der Waals surface area contributed by atoms with Gasteiger partial charge in [-0.3, -0.25) is 0 Å². The highest BCUT2D eigenvalue weighted by Crippen LogP contribution is 2.47. The van der Waals surface area contributed by atoms with Crippen molar-refractivity contribution in [1.82, 2.24) is 0 Å². The molecule has 1 aromatic heterocycles. The molecule has 0 bridgehead atoms. The molecule has 0 N–H and O–H groups in total. The predicted octanol–water partition coefficient (Wildman–Crippen LogP) is 7.33. The van der Waals surface area contributed by atoms with Crippen LogP contribution in [0, 0.1) is 0 Å². The fraction of sp³-hybridized carbons (Fsp3) is 0.222. The molecule has 4 aliphatic rings. The average Bonchev–Trinajstić information content (AvgIpc) is 3.37. The Bertz CT molecular complexity index is 1860. The molecular formula is C36H31BN2S.